The van der Waals surface area contributed by atoms with Crippen LogP contribution < -0.4 is 10.1 Å². The Labute approximate surface area is 148 Å². The number of aromatic amines is 1. The molecule has 0 radical (unpaired) electrons. The van der Waals surface area contributed by atoms with Crippen molar-refractivity contribution in [2.75, 3.05) is 5.32 Å². The van der Waals surface area contributed by atoms with Gasteiger partial charge in [0, 0.05) is 11.9 Å². The predicted octanol–water partition coefficient (Wildman–Crippen LogP) is 3.41. The van der Waals surface area contributed by atoms with Crippen molar-refractivity contribution >= 4 is 22.9 Å². The number of hydrogen-bond acceptors (Lipinski definition) is 6. The molecule has 8 heteroatoms. The monoisotopic (exact) mass is 352 g/mol. The Kier molecular flexibility index (Phi) is 5.24. The van der Waals surface area contributed by atoms with E-state index in [1.54, 1.807) is 6.07 Å². The SMILES string of the molecule is N#CC(=CNc1cccc(COc2ccccc2Cl)c1)c1nn[nH]n1. The van der Waals surface area contributed by atoms with E-state index in [0.29, 0.717) is 17.4 Å². The van der Waals surface area contributed by atoms with Gasteiger partial charge in [0.05, 0.1) is 5.02 Å². The van der Waals surface area contributed by atoms with Gasteiger partial charge in [-0.15, -0.1) is 10.2 Å². The first-order valence-electron chi connectivity index (χ1n) is 7.33. The third kappa shape index (κ3) is 4.34. The molecule has 0 amide bonds. The van der Waals surface area contributed by atoms with Crippen molar-refractivity contribution < 1.29 is 4.74 Å². The topological polar surface area (TPSA) is 99.5 Å². The molecule has 0 saturated carbocycles. The minimum absolute atomic E-state index is 0.230. The summed E-state index contributed by atoms with van der Waals surface area (Å²) < 4.78 is 5.72. The summed E-state index contributed by atoms with van der Waals surface area (Å²) in [5.74, 6) is 0.861. The second-order valence-corrected chi connectivity index (χ2v) is 5.38. The molecule has 0 fully saturated rings. The van der Waals surface area contributed by atoms with Crippen LogP contribution in [0.2, 0.25) is 5.02 Å². The van der Waals surface area contributed by atoms with E-state index < -0.39 is 0 Å². The largest absolute Gasteiger partial charge is 0.487 e. The second kappa shape index (κ2) is 7.95. The summed E-state index contributed by atoms with van der Waals surface area (Å²) in [6.07, 6.45) is 1.53. The molecule has 124 valence electrons. The van der Waals surface area contributed by atoms with E-state index in [2.05, 4.69) is 25.9 Å². The van der Waals surface area contributed by atoms with Gasteiger partial charge in [-0.3, -0.25) is 0 Å². The fourth-order valence-corrected chi connectivity index (χ4v) is 2.24. The van der Waals surface area contributed by atoms with E-state index in [9.17, 15) is 0 Å². The molecule has 0 aliphatic carbocycles. The van der Waals surface area contributed by atoms with E-state index in [1.165, 1.54) is 6.20 Å². The van der Waals surface area contributed by atoms with Gasteiger partial charge in [-0.05, 0) is 35.0 Å². The summed E-state index contributed by atoms with van der Waals surface area (Å²) in [5, 5.41) is 26.1. The van der Waals surface area contributed by atoms with Crippen LogP contribution >= 0.6 is 11.6 Å². The summed E-state index contributed by atoms with van der Waals surface area (Å²) in [6, 6.07) is 17.0. The molecule has 25 heavy (non-hydrogen) atoms. The number of aromatic nitrogens is 4. The van der Waals surface area contributed by atoms with Crippen molar-refractivity contribution in [1.29, 1.82) is 5.26 Å². The lowest BCUT2D eigenvalue weighted by atomic mass is 10.2. The highest BCUT2D eigenvalue weighted by atomic mass is 35.5. The Bertz CT molecular complexity index is 917. The van der Waals surface area contributed by atoms with E-state index in [-0.39, 0.29) is 11.4 Å². The van der Waals surface area contributed by atoms with Crippen LogP contribution in [0, 0.1) is 11.3 Å². The number of benzene rings is 2. The zero-order valence-electron chi connectivity index (χ0n) is 13.0. The summed E-state index contributed by atoms with van der Waals surface area (Å²) >= 11 is 6.08. The number of tetrazole rings is 1. The molecule has 0 aliphatic rings. The third-order valence-electron chi connectivity index (χ3n) is 3.25. The first kappa shape index (κ1) is 16.5. The van der Waals surface area contributed by atoms with Gasteiger partial charge in [-0.1, -0.05) is 35.9 Å². The van der Waals surface area contributed by atoms with Crippen LogP contribution in [0.3, 0.4) is 0 Å². The number of hydrogen-bond donors (Lipinski definition) is 2. The minimum Gasteiger partial charge on any atom is -0.487 e. The number of H-pyrrole nitrogens is 1. The number of ether oxygens (including phenoxy) is 1. The lowest BCUT2D eigenvalue weighted by Crippen LogP contribution is -1.98. The van der Waals surface area contributed by atoms with Crippen LogP contribution in [-0.4, -0.2) is 20.6 Å². The number of nitrogens with one attached hydrogen (secondary N) is 2. The average Bonchev–Trinajstić information content (AvgIpc) is 3.16. The number of rotatable bonds is 6. The molecule has 3 rings (SSSR count). The number of allylic oxidation sites excluding steroid dienone is 1. The van der Waals surface area contributed by atoms with Gasteiger partial charge >= 0.3 is 0 Å². The van der Waals surface area contributed by atoms with Crippen molar-refractivity contribution in [1.82, 2.24) is 20.6 Å². The van der Waals surface area contributed by atoms with Gasteiger partial charge in [0.1, 0.15) is 24.0 Å². The van der Waals surface area contributed by atoms with Gasteiger partial charge in [-0.25, -0.2) is 0 Å². The summed E-state index contributed by atoms with van der Waals surface area (Å²) in [5.41, 5.74) is 2.03. The number of anilines is 1. The first-order valence-corrected chi connectivity index (χ1v) is 7.71. The number of nitriles is 1. The molecule has 0 saturated heterocycles. The molecule has 7 nitrogen and oxygen atoms in total. The predicted molar refractivity (Wildman–Crippen MR) is 93.6 cm³/mol. The van der Waals surface area contributed by atoms with Crippen LogP contribution in [-0.2, 0) is 6.61 Å². The fraction of sp³-hybridized carbons (Fsp3) is 0.0588. The maximum atomic E-state index is 9.15. The molecule has 1 heterocycles. The Morgan fingerprint density at radius 1 is 1.28 bits per heavy atom. The highest BCUT2D eigenvalue weighted by Gasteiger charge is 2.05. The number of halogens is 1. The van der Waals surface area contributed by atoms with Crippen LogP contribution in [0.15, 0.2) is 54.7 Å². The molecule has 2 N–H and O–H groups in total. The molecule has 0 aliphatic heterocycles. The van der Waals surface area contributed by atoms with Crippen molar-refractivity contribution in [2.24, 2.45) is 0 Å². The van der Waals surface area contributed by atoms with Gasteiger partial charge in [0.15, 0.2) is 0 Å². The maximum Gasteiger partial charge on any atom is 0.216 e. The zero-order valence-corrected chi connectivity index (χ0v) is 13.7. The van der Waals surface area contributed by atoms with Crippen molar-refractivity contribution in [3.63, 3.8) is 0 Å². The van der Waals surface area contributed by atoms with Crippen molar-refractivity contribution in [3.8, 4) is 11.8 Å². The second-order valence-electron chi connectivity index (χ2n) is 4.97. The van der Waals surface area contributed by atoms with E-state index in [1.807, 2.05) is 48.5 Å². The average molecular weight is 353 g/mol. The lowest BCUT2D eigenvalue weighted by Gasteiger charge is -2.09. The van der Waals surface area contributed by atoms with Crippen molar-refractivity contribution in [3.05, 3.63) is 71.1 Å². The lowest BCUT2D eigenvalue weighted by molar-refractivity contribution is 0.306. The zero-order chi connectivity index (χ0) is 17.5. The van der Waals surface area contributed by atoms with Crippen LogP contribution in [0.25, 0.3) is 5.57 Å². The number of para-hydroxylation sites is 1. The smallest absolute Gasteiger partial charge is 0.216 e. The normalized spacial score (nSPS) is 11.0. The molecule has 0 atom stereocenters. The van der Waals surface area contributed by atoms with Gasteiger partial charge < -0.3 is 10.1 Å². The Morgan fingerprint density at radius 3 is 2.92 bits per heavy atom. The molecule has 3 aromatic rings. The first-order chi connectivity index (χ1) is 12.3. The van der Waals surface area contributed by atoms with Gasteiger partial charge in [0.25, 0.3) is 0 Å². The highest BCUT2D eigenvalue weighted by molar-refractivity contribution is 6.32. The van der Waals surface area contributed by atoms with E-state index >= 15 is 0 Å². The molecular formula is C17H13ClN6O. The van der Waals surface area contributed by atoms with Crippen LogP contribution in [0.4, 0.5) is 5.69 Å². The van der Waals surface area contributed by atoms with Crippen molar-refractivity contribution in [2.45, 2.75) is 6.61 Å². The Balaban J connectivity index is 1.67. The molecule has 2 aromatic carbocycles. The molecule has 0 bridgehead atoms. The van der Waals surface area contributed by atoms with Gasteiger partial charge in [-0.2, -0.15) is 10.5 Å². The van der Waals surface area contributed by atoms with E-state index in [4.69, 9.17) is 21.6 Å². The van der Waals surface area contributed by atoms with Crippen LogP contribution in [0.1, 0.15) is 11.4 Å². The quantitative estimate of drug-likeness (QED) is 0.659. The van der Waals surface area contributed by atoms with E-state index in [0.717, 1.165) is 11.3 Å². The Hall–Kier alpha value is -3.37. The Morgan fingerprint density at radius 2 is 2.16 bits per heavy atom. The fourth-order valence-electron chi connectivity index (χ4n) is 2.05. The highest BCUT2D eigenvalue weighted by Crippen LogP contribution is 2.24. The molecule has 0 unspecified atom stereocenters. The molecular weight excluding hydrogens is 340 g/mol. The molecule has 1 aromatic heterocycles. The molecule has 0 spiro atoms. The minimum atomic E-state index is 0.230. The third-order valence-corrected chi connectivity index (χ3v) is 3.56. The summed E-state index contributed by atoms with van der Waals surface area (Å²) in [4.78, 5) is 0. The maximum absolute atomic E-state index is 9.15. The summed E-state index contributed by atoms with van der Waals surface area (Å²) in [7, 11) is 0. The number of nitrogens with zero attached hydrogens (tertiary/aromatic N) is 4. The van der Waals surface area contributed by atoms with Gasteiger partial charge in [0.2, 0.25) is 5.82 Å². The van der Waals surface area contributed by atoms with Crippen LogP contribution in [0.5, 0.6) is 5.75 Å². The standard InChI is InChI=1S/C17H13ClN6O/c18-15-6-1-2-7-16(15)25-11-12-4-3-5-14(8-12)20-10-13(9-19)17-21-23-24-22-17/h1-8,10,20H,11H2,(H,21,22,23,24). The summed E-state index contributed by atoms with van der Waals surface area (Å²) in [6.45, 7) is 0.374.